The number of carboxylic acids is 1. The summed E-state index contributed by atoms with van der Waals surface area (Å²) in [5.74, 6) is -2.39. The lowest BCUT2D eigenvalue weighted by Crippen LogP contribution is -2.47. The van der Waals surface area contributed by atoms with Crippen molar-refractivity contribution in [1.82, 2.24) is 10.6 Å². The monoisotopic (exact) mass is 584 g/mol. The second kappa shape index (κ2) is 28.0. The van der Waals surface area contributed by atoms with Crippen molar-refractivity contribution in [2.45, 2.75) is 167 Å². The third-order valence-electron chi connectivity index (χ3n) is 7.35. The topological polar surface area (TPSA) is 142 Å². The molecule has 0 saturated heterocycles. The van der Waals surface area contributed by atoms with Gasteiger partial charge in [0.05, 0.1) is 13.2 Å². The minimum Gasteiger partial charge on any atom is -0.480 e. The fourth-order valence-corrected chi connectivity index (χ4v) is 4.77. The molecule has 0 aromatic carbocycles. The first-order chi connectivity index (χ1) is 19.8. The highest BCUT2D eigenvalue weighted by Gasteiger charge is 2.19. The average Bonchev–Trinajstić information content (AvgIpc) is 2.94. The number of unbranched alkanes of at least 4 members (excludes halogenated alkanes) is 15. The molecular formula is C32H60N2O7. The molecule has 0 rings (SSSR count). The fourth-order valence-electron chi connectivity index (χ4n) is 4.77. The number of carboxylic acid groups (broad SMARTS) is 1. The molecule has 0 saturated carbocycles. The molecule has 0 aliphatic heterocycles. The van der Waals surface area contributed by atoms with Crippen molar-refractivity contribution in [3.05, 3.63) is 0 Å². The Balaban J connectivity index is 4.02. The third kappa shape index (κ3) is 25.3. The Morgan fingerprint density at radius 1 is 0.634 bits per heavy atom. The van der Waals surface area contributed by atoms with Crippen LogP contribution in [-0.4, -0.2) is 59.3 Å². The molecule has 2 amide bonds. The summed E-state index contributed by atoms with van der Waals surface area (Å²) in [5.41, 5.74) is 0. The quantitative estimate of drug-likeness (QED) is 0.0606. The van der Waals surface area contributed by atoms with Crippen LogP contribution in [0.15, 0.2) is 0 Å². The van der Waals surface area contributed by atoms with Crippen LogP contribution in [0.4, 0.5) is 0 Å². The number of aliphatic hydroxyl groups excluding tert-OH is 1. The van der Waals surface area contributed by atoms with Crippen molar-refractivity contribution in [1.29, 1.82) is 0 Å². The maximum Gasteiger partial charge on any atom is 0.328 e. The maximum absolute atomic E-state index is 12.4. The predicted octanol–water partition coefficient (Wildman–Crippen LogP) is 6.20. The second-order valence-corrected chi connectivity index (χ2v) is 11.3. The number of nitrogens with one attached hydrogen (secondary N) is 2. The summed E-state index contributed by atoms with van der Waals surface area (Å²) in [6, 6.07) is -1.39. The first-order valence-electron chi connectivity index (χ1n) is 16.4. The number of carbonyl (C=O) groups excluding carboxylic acids is 3. The lowest BCUT2D eigenvalue weighted by molar-refractivity contribution is -0.150. The summed E-state index contributed by atoms with van der Waals surface area (Å²) in [7, 11) is 0. The molecule has 0 spiro atoms. The summed E-state index contributed by atoms with van der Waals surface area (Å²) in [6.45, 7) is 3.35. The van der Waals surface area contributed by atoms with Crippen molar-refractivity contribution in [2.24, 2.45) is 0 Å². The van der Waals surface area contributed by atoms with E-state index in [1.807, 2.05) is 0 Å². The molecule has 0 aromatic heterocycles. The van der Waals surface area contributed by atoms with Gasteiger partial charge >= 0.3 is 11.9 Å². The van der Waals surface area contributed by atoms with Crippen LogP contribution in [0.2, 0.25) is 0 Å². The molecule has 2 atom stereocenters. The molecule has 0 aliphatic rings. The zero-order valence-corrected chi connectivity index (χ0v) is 26.1. The second-order valence-electron chi connectivity index (χ2n) is 11.3. The van der Waals surface area contributed by atoms with Gasteiger partial charge in [-0.1, -0.05) is 104 Å². The van der Waals surface area contributed by atoms with Gasteiger partial charge in [0.25, 0.3) is 0 Å². The highest BCUT2D eigenvalue weighted by molar-refractivity contribution is 5.87. The van der Waals surface area contributed by atoms with Crippen LogP contribution in [0.5, 0.6) is 0 Å². The van der Waals surface area contributed by atoms with E-state index >= 15 is 0 Å². The van der Waals surface area contributed by atoms with Crippen LogP contribution in [0, 0.1) is 0 Å². The fraction of sp³-hybridized carbons (Fsp3) is 0.875. The smallest absolute Gasteiger partial charge is 0.328 e. The van der Waals surface area contributed by atoms with Crippen molar-refractivity contribution in [2.75, 3.05) is 13.2 Å². The molecule has 0 radical (unpaired) electrons. The zero-order chi connectivity index (χ0) is 30.6. The van der Waals surface area contributed by atoms with Crippen LogP contribution in [0.3, 0.4) is 0 Å². The van der Waals surface area contributed by atoms with E-state index in [4.69, 9.17) is 14.9 Å². The molecule has 0 bridgehead atoms. The van der Waals surface area contributed by atoms with Crippen LogP contribution < -0.4 is 10.6 Å². The molecule has 240 valence electrons. The minimum absolute atomic E-state index is 0.0717. The van der Waals surface area contributed by atoms with E-state index in [0.29, 0.717) is 12.8 Å². The first-order valence-corrected chi connectivity index (χ1v) is 16.4. The molecule has 0 fully saturated rings. The number of hydrogen-bond acceptors (Lipinski definition) is 6. The van der Waals surface area contributed by atoms with E-state index in [0.717, 1.165) is 57.8 Å². The summed E-state index contributed by atoms with van der Waals surface area (Å²) in [6.07, 6.45) is 23.1. The lowest BCUT2D eigenvalue weighted by atomic mass is 10.0. The van der Waals surface area contributed by atoms with Gasteiger partial charge in [-0.15, -0.1) is 0 Å². The number of rotatable bonds is 29. The molecule has 9 heteroatoms. The number of aliphatic hydroxyl groups is 1. The molecular weight excluding hydrogens is 524 g/mol. The van der Waals surface area contributed by atoms with E-state index in [2.05, 4.69) is 24.5 Å². The summed E-state index contributed by atoms with van der Waals surface area (Å²) >= 11 is 0. The largest absolute Gasteiger partial charge is 0.480 e. The Morgan fingerprint density at radius 2 is 1.10 bits per heavy atom. The zero-order valence-electron chi connectivity index (χ0n) is 26.1. The van der Waals surface area contributed by atoms with Gasteiger partial charge in [-0.2, -0.15) is 0 Å². The molecule has 9 nitrogen and oxygen atoms in total. The minimum atomic E-state index is -1.39. The summed E-state index contributed by atoms with van der Waals surface area (Å²) < 4.78 is 5.83. The van der Waals surface area contributed by atoms with E-state index in [1.165, 1.54) is 64.2 Å². The van der Waals surface area contributed by atoms with Gasteiger partial charge in [0.2, 0.25) is 11.8 Å². The van der Waals surface area contributed by atoms with E-state index < -0.39 is 24.5 Å². The van der Waals surface area contributed by atoms with Crippen molar-refractivity contribution in [3.63, 3.8) is 0 Å². The number of aliphatic carboxylic acids is 1. The Morgan fingerprint density at radius 3 is 1.63 bits per heavy atom. The SMILES string of the molecule is CCCCCCCCCCCCCCC(=O)OC(CCCCC)CCCCCC(=O)NCC(=O)NC(CO)C(=O)O. The maximum atomic E-state index is 12.4. The van der Waals surface area contributed by atoms with Crippen LogP contribution >= 0.6 is 0 Å². The lowest BCUT2D eigenvalue weighted by Gasteiger charge is -2.18. The van der Waals surface area contributed by atoms with Crippen molar-refractivity contribution >= 4 is 23.8 Å². The standard InChI is InChI=1S/C32H60N2O7/c1-3-5-7-8-9-10-11-12-13-14-15-20-24-31(38)41-27(21-17-6-4-2)22-18-16-19-23-29(36)33-25-30(37)34-28(26-35)32(39)40/h27-28,35H,3-26H2,1-2H3,(H,33,36)(H,34,37)(H,39,40). The average molecular weight is 585 g/mol. The number of carbonyl (C=O) groups is 4. The molecule has 41 heavy (non-hydrogen) atoms. The number of hydrogen-bond donors (Lipinski definition) is 4. The van der Waals surface area contributed by atoms with E-state index in [-0.39, 0.29) is 30.9 Å². The summed E-state index contributed by atoms with van der Waals surface area (Å²) in [4.78, 5) is 47.0. The molecule has 0 heterocycles. The molecule has 0 aliphatic carbocycles. The Kier molecular flexibility index (Phi) is 26.5. The number of esters is 1. The van der Waals surface area contributed by atoms with Gasteiger partial charge in [0.15, 0.2) is 0 Å². The van der Waals surface area contributed by atoms with E-state index in [9.17, 15) is 19.2 Å². The Bertz CT molecular complexity index is 687. The third-order valence-corrected chi connectivity index (χ3v) is 7.35. The van der Waals surface area contributed by atoms with Crippen molar-refractivity contribution in [3.8, 4) is 0 Å². The molecule has 4 N–H and O–H groups in total. The Labute approximate surface area is 249 Å². The normalized spacial score (nSPS) is 12.5. The number of ether oxygens (including phenoxy) is 1. The number of amides is 2. The van der Waals surface area contributed by atoms with Gasteiger partial charge in [-0.25, -0.2) is 4.79 Å². The van der Waals surface area contributed by atoms with Gasteiger partial charge in [0, 0.05) is 12.8 Å². The van der Waals surface area contributed by atoms with Gasteiger partial charge in [0.1, 0.15) is 12.1 Å². The predicted molar refractivity (Wildman–Crippen MR) is 162 cm³/mol. The van der Waals surface area contributed by atoms with Gasteiger partial charge < -0.3 is 25.6 Å². The molecule has 2 unspecified atom stereocenters. The van der Waals surface area contributed by atoms with Gasteiger partial charge in [-0.05, 0) is 38.5 Å². The highest BCUT2D eigenvalue weighted by Crippen LogP contribution is 2.17. The van der Waals surface area contributed by atoms with E-state index in [1.54, 1.807) is 0 Å². The highest BCUT2D eigenvalue weighted by atomic mass is 16.5. The van der Waals surface area contributed by atoms with Crippen molar-refractivity contribution < 1.29 is 34.1 Å². The first kappa shape index (κ1) is 38.8. The summed E-state index contributed by atoms with van der Waals surface area (Å²) in [5, 5.41) is 22.4. The van der Waals surface area contributed by atoms with Crippen LogP contribution in [0.25, 0.3) is 0 Å². The Hall–Kier alpha value is -2.16. The van der Waals surface area contributed by atoms with Gasteiger partial charge in [-0.3, -0.25) is 14.4 Å². The van der Waals surface area contributed by atoms with Crippen LogP contribution in [0.1, 0.15) is 155 Å². The molecule has 0 aromatic rings. The van der Waals surface area contributed by atoms with Crippen LogP contribution in [-0.2, 0) is 23.9 Å².